The Morgan fingerprint density at radius 1 is 1.06 bits per heavy atom. The lowest BCUT2D eigenvalue weighted by molar-refractivity contribution is -0.142. The van der Waals surface area contributed by atoms with Crippen LogP contribution >= 0.6 is 0 Å². The number of carboxylic acids is 1. The highest BCUT2D eigenvalue weighted by Crippen LogP contribution is 2.20. The number of ether oxygens (including phenoxy) is 1. The molecule has 0 aliphatic heterocycles. The molecule has 2 rings (SSSR count). The van der Waals surface area contributed by atoms with Gasteiger partial charge in [-0.1, -0.05) is 24.3 Å². The Labute approximate surface area is 179 Å². The molecule has 160 valence electrons. The van der Waals surface area contributed by atoms with Gasteiger partial charge in [0.05, 0.1) is 5.56 Å². The number of nitrogens with one attached hydrogen (secondary N) is 1. The van der Waals surface area contributed by atoms with Crippen LogP contribution in [-0.4, -0.2) is 46.8 Å². The van der Waals surface area contributed by atoms with Crippen LogP contribution in [-0.2, 0) is 9.59 Å². The highest BCUT2D eigenvalue weighted by molar-refractivity contribution is 6.20. The van der Waals surface area contributed by atoms with Crippen LogP contribution in [0.2, 0.25) is 0 Å². The molecule has 0 bridgehead atoms. The summed E-state index contributed by atoms with van der Waals surface area (Å²) in [5, 5.41) is 16.4. The highest BCUT2D eigenvalue weighted by Gasteiger charge is 2.21. The number of nitrogens with zero attached hydrogens (tertiary/aromatic N) is 1. The van der Waals surface area contributed by atoms with Crippen LogP contribution in [0.5, 0.6) is 5.75 Å². The maximum Gasteiger partial charge on any atom is 0.343 e. The van der Waals surface area contributed by atoms with E-state index in [-0.39, 0.29) is 17.9 Å². The van der Waals surface area contributed by atoms with E-state index in [4.69, 9.17) is 21.0 Å². The van der Waals surface area contributed by atoms with Crippen molar-refractivity contribution in [2.24, 2.45) is 5.73 Å². The number of aliphatic carboxylic acids is 1. The minimum atomic E-state index is -1.12. The second kappa shape index (κ2) is 10.5. The summed E-state index contributed by atoms with van der Waals surface area (Å²) in [6.45, 7) is 4.87. The second-order valence-corrected chi connectivity index (χ2v) is 6.48. The summed E-state index contributed by atoms with van der Waals surface area (Å²) < 4.78 is 5.31. The monoisotopic (exact) mass is 421 g/mol. The Kier molecular flexibility index (Phi) is 7.85. The number of allylic oxidation sites excluding steroid dienone is 1. The number of benzene rings is 2. The number of hydrogen-bond donors (Lipinski definition) is 3. The summed E-state index contributed by atoms with van der Waals surface area (Å²) in [6.07, 6.45) is 3.04. The third-order valence-electron chi connectivity index (χ3n) is 4.29. The molecule has 8 nitrogen and oxygen atoms in total. The van der Waals surface area contributed by atoms with Gasteiger partial charge in [-0.05, 0) is 48.9 Å². The summed E-state index contributed by atoms with van der Waals surface area (Å²) in [4.78, 5) is 37.3. The largest absolute Gasteiger partial charge is 0.480 e. The number of carbonyl (C=O) groups excluding carboxylic acids is 2. The van der Waals surface area contributed by atoms with Gasteiger partial charge >= 0.3 is 11.9 Å². The SMILES string of the molecule is C=CCN(CC(=O)O)C(=O)/C(=C/C)c1ccc(C(=O)Oc2ccc(C(=N)N)cc2)cc1. The van der Waals surface area contributed by atoms with Gasteiger partial charge in [0, 0.05) is 17.7 Å². The molecule has 2 aromatic rings. The number of nitrogens with two attached hydrogens (primary N) is 1. The molecule has 0 saturated carbocycles. The van der Waals surface area contributed by atoms with Gasteiger partial charge in [0.2, 0.25) is 0 Å². The number of carbonyl (C=O) groups is 3. The van der Waals surface area contributed by atoms with Gasteiger partial charge < -0.3 is 20.5 Å². The van der Waals surface area contributed by atoms with Crippen molar-refractivity contribution in [3.63, 3.8) is 0 Å². The minimum Gasteiger partial charge on any atom is -0.480 e. The molecule has 8 heteroatoms. The third-order valence-corrected chi connectivity index (χ3v) is 4.29. The Morgan fingerprint density at radius 3 is 2.10 bits per heavy atom. The van der Waals surface area contributed by atoms with Crippen LogP contribution in [0.25, 0.3) is 5.57 Å². The van der Waals surface area contributed by atoms with E-state index in [1.807, 2.05) is 0 Å². The number of amides is 1. The maximum atomic E-state index is 12.8. The molecule has 0 aliphatic carbocycles. The standard InChI is InChI=1S/C23H23N3O5/c1-3-13-26(14-20(27)28)22(29)19(4-2)15-5-7-17(8-6-15)23(30)31-18-11-9-16(10-12-18)21(24)25/h3-12H,1,13-14H2,2H3,(H3,24,25)(H,27,28)/b19-4+. The van der Waals surface area contributed by atoms with E-state index in [0.717, 1.165) is 4.90 Å². The molecule has 4 N–H and O–H groups in total. The van der Waals surface area contributed by atoms with E-state index in [2.05, 4.69) is 6.58 Å². The van der Waals surface area contributed by atoms with Crippen molar-refractivity contribution in [1.29, 1.82) is 5.41 Å². The molecule has 0 aromatic heterocycles. The molecule has 0 radical (unpaired) electrons. The first-order chi connectivity index (χ1) is 14.8. The van der Waals surface area contributed by atoms with E-state index in [1.54, 1.807) is 37.3 Å². The first-order valence-corrected chi connectivity index (χ1v) is 9.32. The topological polar surface area (TPSA) is 134 Å². The average molecular weight is 421 g/mol. The van der Waals surface area contributed by atoms with Crippen LogP contribution in [0.15, 0.2) is 67.3 Å². The molecule has 0 spiro atoms. The van der Waals surface area contributed by atoms with Gasteiger partial charge in [0.1, 0.15) is 18.1 Å². The second-order valence-electron chi connectivity index (χ2n) is 6.48. The van der Waals surface area contributed by atoms with Crippen LogP contribution in [0, 0.1) is 5.41 Å². The number of rotatable bonds is 9. The van der Waals surface area contributed by atoms with E-state index in [0.29, 0.717) is 22.4 Å². The lowest BCUT2D eigenvalue weighted by Crippen LogP contribution is -2.36. The summed E-state index contributed by atoms with van der Waals surface area (Å²) >= 11 is 0. The van der Waals surface area contributed by atoms with Crippen LogP contribution < -0.4 is 10.5 Å². The normalized spacial score (nSPS) is 10.8. The summed E-state index contributed by atoms with van der Waals surface area (Å²) in [5.74, 6) is -1.95. The van der Waals surface area contributed by atoms with Gasteiger partial charge in [0.15, 0.2) is 0 Å². The highest BCUT2D eigenvalue weighted by atomic mass is 16.5. The van der Waals surface area contributed by atoms with Crippen molar-refractivity contribution < 1.29 is 24.2 Å². The predicted octanol–water partition coefficient (Wildman–Crippen LogP) is 2.69. The van der Waals surface area contributed by atoms with Crippen molar-refractivity contribution in [3.8, 4) is 5.75 Å². The zero-order valence-corrected chi connectivity index (χ0v) is 17.0. The number of hydrogen-bond acceptors (Lipinski definition) is 5. The van der Waals surface area contributed by atoms with Crippen molar-refractivity contribution >= 4 is 29.3 Å². The van der Waals surface area contributed by atoms with E-state index in [1.165, 1.54) is 30.3 Å². The van der Waals surface area contributed by atoms with Crippen LogP contribution in [0.1, 0.15) is 28.4 Å². The Bertz CT molecular complexity index is 1020. The maximum absolute atomic E-state index is 12.8. The fraction of sp³-hybridized carbons (Fsp3) is 0.130. The molecular formula is C23H23N3O5. The number of amidine groups is 1. The third kappa shape index (κ3) is 6.14. The van der Waals surface area contributed by atoms with E-state index >= 15 is 0 Å². The fourth-order valence-corrected chi connectivity index (χ4v) is 2.78. The molecule has 1 amide bonds. The summed E-state index contributed by atoms with van der Waals surface area (Å²) in [6, 6.07) is 12.5. The smallest absolute Gasteiger partial charge is 0.343 e. The van der Waals surface area contributed by atoms with Gasteiger partial charge in [-0.3, -0.25) is 15.0 Å². The molecule has 2 aromatic carbocycles. The van der Waals surface area contributed by atoms with Gasteiger partial charge in [0.25, 0.3) is 5.91 Å². The molecule has 31 heavy (non-hydrogen) atoms. The first-order valence-electron chi connectivity index (χ1n) is 9.32. The molecule has 0 heterocycles. The molecule has 0 unspecified atom stereocenters. The molecule has 0 atom stereocenters. The van der Waals surface area contributed by atoms with Crippen molar-refractivity contribution in [3.05, 3.63) is 84.0 Å². The molecule has 0 fully saturated rings. The van der Waals surface area contributed by atoms with Gasteiger partial charge in [-0.25, -0.2) is 4.79 Å². The predicted molar refractivity (Wildman–Crippen MR) is 117 cm³/mol. The quantitative estimate of drug-likeness (QED) is 0.142. The van der Waals surface area contributed by atoms with Crippen molar-refractivity contribution in [2.75, 3.05) is 13.1 Å². The summed E-state index contributed by atoms with van der Waals surface area (Å²) in [5.41, 5.74) is 7.03. The number of nitrogen functional groups attached to an aromatic ring is 1. The number of esters is 1. The lowest BCUT2D eigenvalue weighted by atomic mass is 10.0. The molecule has 0 aliphatic rings. The average Bonchev–Trinajstić information content (AvgIpc) is 2.74. The fourth-order valence-electron chi connectivity index (χ4n) is 2.78. The summed E-state index contributed by atoms with van der Waals surface area (Å²) in [7, 11) is 0. The van der Waals surface area contributed by atoms with E-state index < -0.39 is 24.4 Å². The minimum absolute atomic E-state index is 0.0854. The van der Waals surface area contributed by atoms with Crippen LogP contribution in [0.3, 0.4) is 0 Å². The Morgan fingerprint density at radius 2 is 1.61 bits per heavy atom. The Balaban J connectivity index is 2.15. The lowest BCUT2D eigenvalue weighted by Gasteiger charge is -2.20. The van der Waals surface area contributed by atoms with Crippen molar-refractivity contribution in [2.45, 2.75) is 6.92 Å². The van der Waals surface area contributed by atoms with Crippen LogP contribution in [0.4, 0.5) is 0 Å². The van der Waals surface area contributed by atoms with E-state index in [9.17, 15) is 14.4 Å². The zero-order valence-electron chi connectivity index (χ0n) is 17.0. The van der Waals surface area contributed by atoms with Gasteiger partial charge in [-0.15, -0.1) is 6.58 Å². The zero-order chi connectivity index (χ0) is 23.0. The van der Waals surface area contributed by atoms with Crippen molar-refractivity contribution in [1.82, 2.24) is 4.90 Å². The molecule has 0 saturated heterocycles. The first kappa shape index (κ1) is 23.1. The Hall–Kier alpha value is -4.20. The molecular weight excluding hydrogens is 398 g/mol. The van der Waals surface area contributed by atoms with Gasteiger partial charge in [-0.2, -0.15) is 0 Å². The number of carboxylic acid groups (broad SMARTS) is 1.